The van der Waals surface area contributed by atoms with Crippen LogP contribution in [0.5, 0.6) is 5.75 Å². The molecule has 4 heteroatoms. The van der Waals surface area contributed by atoms with Crippen LogP contribution < -0.4 is 4.74 Å². The second kappa shape index (κ2) is 4.80. The van der Waals surface area contributed by atoms with E-state index >= 15 is 0 Å². The fourth-order valence-electron chi connectivity index (χ4n) is 1.72. The largest absolute Gasteiger partial charge is 0.485 e. The molecule has 0 aliphatic heterocycles. The highest BCUT2D eigenvalue weighted by atomic mass is 35.5. The minimum absolute atomic E-state index is 0.426. The Hall–Kier alpha value is -1.48. The summed E-state index contributed by atoms with van der Waals surface area (Å²) in [5, 5.41) is 0.616. The summed E-state index contributed by atoms with van der Waals surface area (Å²) in [6.45, 7) is 4.50. The second-order valence-electron chi connectivity index (χ2n) is 4.07. The van der Waals surface area contributed by atoms with Crippen LogP contribution in [0.15, 0.2) is 24.4 Å². The third-order valence-corrected chi connectivity index (χ3v) is 3.13. The topological polar surface area (TPSA) is 27.1 Å². The molecule has 0 amide bonds. The van der Waals surface area contributed by atoms with Crippen LogP contribution in [-0.2, 0) is 13.7 Å². The zero-order chi connectivity index (χ0) is 12.4. The Morgan fingerprint density at radius 3 is 2.47 bits per heavy atom. The summed E-state index contributed by atoms with van der Waals surface area (Å²) in [4.78, 5) is 4.20. The van der Waals surface area contributed by atoms with E-state index in [1.807, 2.05) is 43.7 Å². The number of ether oxygens (including phenoxy) is 1. The highest BCUT2D eigenvalue weighted by Crippen LogP contribution is 2.23. The van der Waals surface area contributed by atoms with E-state index in [1.165, 1.54) is 0 Å². The Bertz CT molecular complexity index is 514. The third kappa shape index (κ3) is 2.44. The summed E-state index contributed by atoms with van der Waals surface area (Å²) in [5.74, 6) is 1.74. The first-order valence-corrected chi connectivity index (χ1v) is 5.82. The average molecular weight is 251 g/mol. The number of rotatable bonds is 3. The average Bonchev–Trinajstić information content (AvgIpc) is 2.60. The molecule has 0 aliphatic rings. The minimum Gasteiger partial charge on any atom is -0.485 e. The zero-order valence-corrected chi connectivity index (χ0v) is 11.0. The van der Waals surface area contributed by atoms with Crippen LogP contribution in [0.3, 0.4) is 0 Å². The molecule has 0 saturated carbocycles. The standard InChI is InChI=1S/C13H15ClN2O/c1-9-5-4-6-10(2)13(9)17-8-12-15-7-11(14)16(12)3/h4-7H,8H2,1-3H3. The fraction of sp³-hybridized carbons (Fsp3) is 0.308. The molecule has 0 N–H and O–H groups in total. The van der Waals surface area contributed by atoms with Crippen LogP contribution in [0.2, 0.25) is 5.15 Å². The van der Waals surface area contributed by atoms with Crippen LogP contribution in [0.25, 0.3) is 0 Å². The zero-order valence-electron chi connectivity index (χ0n) is 10.2. The van der Waals surface area contributed by atoms with E-state index in [4.69, 9.17) is 16.3 Å². The smallest absolute Gasteiger partial charge is 0.147 e. The number of aryl methyl sites for hydroxylation is 2. The molecule has 1 heterocycles. The quantitative estimate of drug-likeness (QED) is 0.836. The molecule has 0 fully saturated rings. The monoisotopic (exact) mass is 250 g/mol. The van der Waals surface area contributed by atoms with Gasteiger partial charge >= 0.3 is 0 Å². The van der Waals surface area contributed by atoms with E-state index in [0.29, 0.717) is 11.8 Å². The Balaban J connectivity index is 2.15. The molecule has 0 unspecified atom stereocenters. The van der Waals surface area contributed by atoms with Gasteiger partial charge in [-0.25, -0.2) is 4.98 Å². The number of para-hydroxylation sites is 1. The van der Waals surface area contributed by atoms with Crippen molar-refractivity contribution in [2.45, 2.75) is 20.5 Å². The molecule has 3 nitrogen and oxygen atoms in total. The van der Waals surface area contributed by atoms with Crippen molar-refractivity contribution in [3.8, 4) is 5.75 Å². The van der Waals surface area contributed by atoms with Crippen molar-refractivity contribution in [1.29, 1.82) is 0 Å². The van der Waals surface area contributed by atoms with Gasteiger partial charge in [-0.15, -0.1) is 0 Å². The van der Waals surface area contributed by atoms with E-state index in [-0.39, 0.29) is 0 Å². The summed E-state index contributed by atoms with van der Waals surface area (Å²) >= 11 is 5.92. The van der Waals surface area contributed by atoms with Crippen molar-refractivity contribution >= 4 is 11.6 Å². The maximum Gasteiger partial charge on any atom is 0.147 e. The number of benzene rings is 1. The summed E-state index contributed by atoms with van der Waals surface area (Å²) in [6, 6.07) is 6.09. The Kier molecular flexibility index (Phi) is 3.38. The Morgan fingerprint density at radius 1 is 1.29 bits per heavy atom. The highest BCUT2D eigenvalue weighted by molar-refractivity contribution is 6.29. The summed E-state index contributed by atoms with van der Waals surface area (Å²) in [5.41, 5.74) is 2.26. The molecule has 17 heavy (non-hydrogen) atoms. The number of imidazole rings is 1. The highest BCUT2D eigenvalue weighted by Gasteiger charge is 2.07. The molecule has 2 aromatic rings. The third-order valence-electron chi connectivity index (χ3n) is 2.78. The summed E-state index contributed by atoms with van der Waals surface area (Å²) in [7, 11) is 1.87. The number of hydrogen-bond acceptors (Lipinski definition) is 2. The van der Waals surface area contributed by atoms with Crippen molar-refractivity contribution in [1.82, 2.24) is 9.55 Å². The van der Waals surface area contributed by atoms with Gasteiger partial charge in [-0.3, -0.25) is 0 Å². The van der Waals surface area contributed by atoms with E-state index < -0.39 is 0 Å². The van der Waals surface area contributed by atoms with E-state index in [1.54, 1.807) is 6.20 Å². The maximum atomic E-state index is 5.92. The number of hydrogen-bond donors (Lipinski definition) is 0. The van der Waals surface area contributed by atoms with Gasteiger partial charge in [0.15, 0.2) is 0 Å². The van der Waals surface area contributed by atoms with Crippen molar-refractivity contribution in [2.75, 3.05) is 0 Å². The van der Waals surface area contributed by atoms with Gasteiger partial charge in [-0.05, 0) is 25.0 Å². The number of halogens is 1. The minimum atomic E-state index is 0.426. The van der Waals surface area contributed by atoms with Gasteiger partial charge in [0, 0.05) is 7.05 Å². The van der Waals surface area contributed by atoms with Crippen LogP contribution in [0.1, 0.15) is 17.0 Å². The van der Waals surface area contributed by atoms with Gasteiger partial charge in [-0.1, -0.05) is 29.8 Å². The molecular formula is C13H15ClN2O. The summed E-state index contributed by atoms with van der Waals surface area (Å²) < 4.78 is 7.62. The van der Waals surface area contributed by atoms with E-state index in [9.17, 15) is 0 Å². The van der Waals surface area contributed by atoms with Crippen molar-refractivity contribution in [3.05, 3.63) is 46.5 Å². The lowest BCUT2D eigenvalue weighted by Gasteiger charge is -2.11. The van der Waals surface area contributed by atoms with Gasteiger partial charge in [0.2, 0.25) is 0 Å². The lowest BCUT2D eigenvalue weighted by Crippen LogP contribution is -2.05. The molecule has 1 aromatic carbocycles. The maximum absolute atomic E-state index is 5.92. The molecule has 90 valence electrons. The first-order valence-electron chi connectivity index (χ1n) is 5.44. The normalized spacial score (nSPS) is 10.6. The van der Waals surface area contributed by atoms with Crippen LogP contribution >= 0.6 is 11.6 Å². The predicted molar refractivity (Wildman–Crippen MR) is 68.5 cm³/mol. The molecule has 0 atom stereocenters. The van der Waals surface area contributed by atoms with Gasteiger partial charge in [0.05, 0.1) is 6.20 Å². The number of nitrogens with zero attached hydrogens (tertiary/aromatic N) is 2. The second-order valence-corrected chi connectivity index (χ2v) is 4.45. The number of aromatic nitrogens is 2. The SMILES string of the molecule is Cc1cccc(C)c1OCc1ncc(Cl)n1C. The lowest BCUT2D eigenvalue weighted by atomic mass is 10.1. The predicted octanol–water partition coefficient (Wildman–Crippen LogP) is 3.27. The van der Waals surface area contributed by atoms with Gasteiger partial charge in [0.25, 0.3) is 0 Å². The first kappa shape index (κ1) is 12.0. The van der Waals surface area contributed by atoms with E-state index in [0.717, 1.165) is 22.7 Å². The fourth-order valence-corrected chi connectivity index (χ4v) is 1.87. The van der Waals surface area contributed by atoms with Crippen molar-refractivity contribution in [2.24, 2.45) is 7.05 Å². The Morgan fingerprint density at radius 2 is 1.94 bits per heavy atom. The molecule has 1 aromatic heterocycles. The van der Waals surface area contributed by atoms with Crippen molar-refractivity contribution < 1.29 is 4.74 Å². The van der Waals surface area contributed by atoms with Crippen LogP contribution in [0.4, 0.5) is 0 Å². The summed E-state index contributed by atoms with van der Waals surface area (Å²) in [6.07, 6.45) is 1.63. The molecular weight excluding hydrogens is 236 g/mol. The van der Waals surface area contributed by atoms with Gasteiger partial charge in [-0.2, -0.15) is 0 Å². The van der Waals surface area contributed by atoms with E-state index in [2.05, 4.69) is 4.98 Å². The van der Waals surface area contributed by atoms with Crippen molar-refractivity contribution in [3.63, 3.8) is 0 Å². The Labute approximate surface area is 106 Å². The molecule has 0 radical (unpaired) electrons. The molecule has 0 saturated heterocycles. The van der Waals surface area contributed by atoms with Crippen LogP contribution in [0, 0.1) is 13.8 Å². The lowest BCUT2D eigenvalue weighted by molar-refractivity contribution is 0.288. The van der Waals surface area contributed by atoms with Gasteiger partial charge < -0.3 is 9.30 Å². The van der Waals surface area contributed by atoms with Crippen LogP contribution in [-0.4, -0.2) is 9.55 Å². The molecule has 0 spiro atoms. The molecule has 2 rings (SSSR count). The first-order chi connectivity index (χ1) is 8.09. The molecule has 0 aliphatic carbocycles. The molecule has 0 bridgehead atoms. The van der Waals surface area contributed by atoms with Gasteiger partial charge in [0.1, 0.15) is 23.3 Å².